The predicted octanol–water partition coefficient (Wildman–Crippen LogP) is 4.21. The van der Waals surface area contributed by atoms with Crippen LogP contribution in [0.2, 0.25) is 5.02 Å². The number of halogens is 2. The molecule has 0 saturated carbocycles. The number of ether oxygens (including phenoxy) is 1. The van der Waals surface area contributed by atoms with Gasteiger partial charge in [0.25, 0.3) is 5.91 Å². The Morgan fingerprint density at radius 1 is 1.13 bits per heavy atom. The van der Waals surface area contributed by atoms with Crippen LogP contribution in [0, 0.1) is 13.8 Å². The van der Waals surface area contributed by atoms with E-state index in [2.05, 4.69) is 36.9 Å². The number of anilines is 2. The zero-order chi connectivity index (χ0) is 21.8. The van der Waals surface area contributed by atoms with Gasteiger partial charge in [-0.2, -0.15) is 0 Å². The molecule has 0 atom stereocenters. The van der Waals surface area contributed by atoms with Crippen molar-refractivity contribution < 1.29 is 14.3 Å². The van der Waals surface area contributed by atoms with E-state index >= 15 is 0 Å². The molecular formula is C20H19BrClN5O3. The van der Waals surface area contributed by atoms with Crippen LogP contribution in [0.25, 0.3) is 0 Å². The van der Waals surface area contributed by atoms with Gasteiger partial charge in [-0.3, -0.25) is 9.59 Å². The summed E-state index contributed by atoms with van der Waals surface area (Å²) in [5.74, 6) is -0.221. The van der Waals surface area contributed by atoms with Gasteiger partial charge in [0.2, 0.25) is 5.91 Å². The van der Waals surface area contributed by atoms with E-state index in [1.54, 1.807) is 31.2 Å². The fourth-order valence-electron chi connectivity index (χ4n) is 2.71. The lowest BCUT2D eigenvalue weighted by Crippen LogP contribution is -2.21. The number of nitrogens with zero attached hydrogens (tertiary/aromatic N) is 3. The predicted molar refractivity (Wildman–Crippen MR) is 118 cm³/mol. The van der Waals surface area contributed by atoms with Crippen LogP contribution in [-0.2, 0) is 11.3 Å². The Bertz CT molecular complexity index is 1120. The average Bonchev–Trinajstić information content (AvgIpc) is 3.05. The molecule has 2 aromatic carbocycles. The van der Waals surface area contributed by atoms with Gasteiger partial charge in [0.1, 0.15) is 12.3 Å². The molecule has 0 unspecified atom stereocenters. The number of aromatic nitrogens is 3. The van der Waals surface area contributed by atoms with Gasteiger partial charge in [0.05, 0.1) is 17.8 Å². The molecule has 0 aliphatic carbocycles. The molecule has 3 aromatic rings. The third-order valence-corrected chi connectivity index (χ3v) is 5.53. The van der Waals surface area contributed by atoms with Gasteiger partial charge < -0.3 is 15.4 Å². The van der Waals surface area contributed by atoms with E-state index < -0.39 is 5.91 Å². The highest BCUT2D eigenvalue weighted by Gasteiger charge is 2.18. The molecule has 3 rings (SSSR count). The van der Waals surface area contributed by atoms with Crippen molar-refractivity contribution in [1.29, 1.82) is 0 Å². The second-order valence-corrected chi connectivity index (χ2v) is 7.76. The first-order chi connectivity index (χ1) is 14.3. The van der Waals surface area contributed by atoms with E-state index in [9.17, 15) is 9.59 Å². The number of methoxy groups -OCH3 is 1. The van der Waals surface area contributed by atoms with E-state index in [1.165, 1.54) is 11.8 Å². The fourth-order valence-corrected chi connectivity index (χ4v) is 3.22. The molecule has 0 saturated heterocycles. The van der Waals surface area contributed by atoms with Crippen LogP contribution in [0.1, 0.15) is 21.7 Å². The van der Waals surface area contributed by atoms with Crippen molar-refractivity contribution >= 4 is 50.7 Å². The lowest BCUT2D eigenvalue weighted by Gasteiger charge is -2.09. The molecule has 8 nitrogen and oxygen atoms in total. The summed E-state index contributed by atoms with van der Waals surface area (Å²) in [5.41, 5.74) is 2.78. The zero-order valence-electron chi connectivity index (χ0n) is 16.5. The number of benzene rings is 2. The Kier molecular flexibility index (Phi) is 6.73. The van der Waals surface area contributed by atoms with Crippen LogP contribution >= 0.6 is 27.5 Å². The Labute approximate surface area is 186 Å². The number of aryl methyl sites for hydroxylation is 1. The Morgan fingerprint density at radius 2 is 1.83 bits per heavy atom. The molecule has 0 spiro atoms. The van der Waals surface area contributed by atoms with Crippen molar-refractivity contribution in [2.45, 2.75) is 20.4 Å². The van der Waals surface area contributed by atoms with Crippen molar-refractivity contribution in [2.75, 3.05) is 17.7 Å². The monoisotopic (exact) mass is 491 g/mol. The van der Waals surface area contributed by atoms with E-state index in [0.717, 1.165) is 10.0 Å². The molecule has 30 heavy (non-hydrogen) atoms. The molecule has 2 amide bonds. The van der Waals surface area contributed by atoms with Crippen molar-refractivity contribution in [3.8, 4) is 5.75 Å². The summed E-state index contributed by atoms with van der Waals surface area (Å²) >= 11 is 9.49. The number of carbonyl (C=O) groups is 2. The number of hydrogen-bond acceptors (Lipinski definition) is 5. The average molecular weight is 493 g/mol. The molecule has 0 aliphatic heterocycles. The molecule has 0 aliphatic rings. The van der Waals surface area contributed by atoms with Crippen LogP contribution in [0.15, 0.2) is 40.9 Å². The van der Waals surface area contributed by atoms with Gasteiger partial charge in [-0.05, 0) is 55.8 Å². The van der Waals surface area contributed by atoms with Crippen molar-refractivity contribution in [3.05, 3.63) is 62.8 Å². The highest BCUT2D eigenvalue weighted by molar-refractivity contribution is 9.10. The maximum absolute atomic E-state index is 12.6. The maximum Gasteiger partial charge on any atom is 0.278 e. The molecule has 1 heterocycles. The molecule has 1 aromatic heterocycles. The largest absolute Gasteiger partial charge is 0.495 e. The van der Waals surface area contributed by atoms with Gasteiger partial charge in [0, 0.05) is 15.8 Å². The van der Waals surface area contributed by atoms with Crippen molar-refractivity contribution in [1.82, 2.24) is 15.0 Å². The van der Waals surface area contributed by atoms with E-state index in [0.29, 0.717) is 27.8 Å². The SMILES string of the molecule is COc1ccc(NC(=O)Cn2nnc(C(=O)Nc3ccc(Br)c(C)c3)c2C)cc1Cl. The fraction of sp³-hybridized carbons (Fsp3) is 0.200. The number of nitrogens with one attached hydrogen (secondary N) is 2. The molecular weight excluding hydrogens is 474 g/mol. The molecule has 0 fully saturated rings. The quantitative estimate of drug-likeness (QED) is 0.537. The summed E-state index contributed by atoms with van der Waals surface area (Å²) in [7, 11) is 1.51. The van der Waals surface area contributed by atoms with Crippen LogP contribution < -0.4 is 15.4 Å². The Balaban J connectivity index is 1.67. The van der Waals surface area contributed by atoms with Crippen LogP contribution in [-0.4, -0.2) is 33.9 Å². The molecule has 10 heteroatoms. The van der Waals surface area contributed by atoms with Crippen molar-refractivity contribution in [2.24, 2.45) is 0 Å². The minimum atomic E-state index is -0.400. The number of carbonyl (C=O) groups excluding carboxylic acids is 2. The highest BCUT2D eigenvalue weighted by Crippen LogP contribution is 2.27. The van der Waals surface area contributed by atoms with Crippen LogP contribution in [0.4, 0.5) is 11.4 Å². The first kappa shape index (κ1) is 21.8. The Hall–Kier alpha value is -2.91. The third-order valence-electron chi connectivity index (χ3n) is 4.34. The number of amides is 2. The smallest absolute Gasteiger partial charge is 0.278 e. The van der Waals surface area contributed by atoms with Gasteiger partial charge in [-0.15, -0.1) is 5.10 Å². The van der Waals surface area contributed by atoms with E-state index in [1.807, 2.05) is 19.1 Å². The summed E-state index contributed by atoms with van der Waals surface area (Å²) in [5, 5.41) is 13.7. The standard InChI is InChI=1S/C20H19BrClN5O3/c1-11-8-13(4-6-15(11)21)24-20(29)19-12(2)27(26-25-19)10-18(28)23-14-5-7-17(30-3)16(22)9-14/h4-9H,10H2,1-3H3,(H,23,28)(H,24,29). The van der Waals surface area contributed by atoms with Gasteiger partial charge in [-0.1, -0.05) is 32.7 Å². The lowest BCUT2D eigenvalue weighted by atomic mass is 10.2. The first-order valence-electron chi connectivity index (χ1n) is 8.89. The Morgan fingerprint density at radius 3 is 2.50 bits per heavy atom. The lowest BCUT2D eigenvalue weighted by molar-refractivity contribution is -0.117. The minimum absolute atomic E-state index is 0.104. The maximum atomic E-state index is 12.6. The molecule has 2 N–H and O–H groups in total. The first-order valence-corrected chi connectivity index (χ1v) is 10.1. The summed E-state index contributed by atoms with van der Waals surface area (Å²) in [6.07, 6.45) is 0. The second kappa shape index (κ2) is 9.27. The van der Waals surface area contributed by atoms with Crippen molar-refractivity contribution in [3.63, 3.8) is 0 Å². The van der Waals surface area contributed by atoms with Crippen LogP contribution in [0.5, 0.6) is 5.75 Å². The number of rotatable bonds is 6. The van der Waals surface area contributed by atoms with Gasteiger partial charge in [-0.25, -0.2) is 4.68 Å². The summed E-state index contributed by atoms with van der Waals surface area (Å²) in [4.78, 5) is 24.9. The zero-order valence-corrected chi connectivity index (χ0v) is 18.8. The summed E-state index contributed by atoms with van der Waals surface area (Å²) in [6.45, 7) is 3.50. The molecule has 156 valence electrons. The topological polar surface area (TPSA) is 98.1 Å². The number of hydrogen-bond donors (Lipinski definition) is 2. The summed E-state index contributed by atoms with van der Waals surface area (Å²) in [6, 6.07) is 10.4. The molecule has 0 bridgehead atoms. The van der Waals surface area contributed by atoms with E-state index in [4.69, 9.17) is 16.3 Å². The molecule has 0 radical (unpaired) electrons. The minimum Gasteiger partial charge on any atom is -0.495 e. The normalized spacial score (nSPS) is 10.6. The van der Waals surface area contributed by atoms with Gasteiger partial charge in [0.15, 0.2) is 5.69 Å². The van der Waals surface area contributed by atoms with Crippen LogP contribution in [0.3, 0.4) is 0 Å². The van der Waals surface area contributed by atoms with Gasteiger partial charge >= 0.3 is 0 Å². The van der Waals surface area contributed by atoms with E-state index in [-0.39, 0.29) is 18.1 Å². The summed E-state index contributed by atoms with van der Waals surface area (Å²) < 4.78 is 7.40. The third kappa shape index (κ3) is 4.98. The second-order valence-electron chi connectivity index (χ2n) is 6.50. The highest BCUT2D eigenvalue weighted by atomic mass is 79.9.